The maximum atomic E-state index is 5.94. The number of pyridine rings is 1. The molecule has 0 amide bonds. The first-order chi connectivity index (χ1) is 6.65. The minimum atomic E-state index is -0.00472. The zero-order valence-corrected chi connectivity index (χ0v) is 9.05. The second-order valence-electron chi connectivity index (χ2n) is 3.39. The van der Waals surface area contributed by atoms with Crippen LogP contribution < -0.4 is 5.32 Å². The molecule has 2 nitrogen and oxygen atoms in total. The molecule has 14 heavy (non-hydrogen) atoms. The highest BCUT2D eigenvalue weighted by Crippen LogP contribution is 2.21. The first-order valence-electron chi connectivity index (χ1n) is 4.47. The van der Waals surface area contributed by atoms with Crippen molar-refractivity contribution in [2.75, 3.05) is 5.32 Å². The molecular weight excluding hydrogens is 196 g/mol. The van der Waals surface area contributed by atoms with E-state index in [9.17, 15) is 0 Å². The first kappa shape index (κ1) is 10.9. The van der Waals surface area contributed by atoms with E-state index in [2.05, 4.69) is 30.1 Å². The van der Waals surface area contributed by atoms with Crippen LogP contribution >= 0.6 is 11.6 Å². The van der Waals surface area contributed by atoms with Crippen molar-refractivity contribution >= 4 is 17.3 Å². The third-order valence-corrected chi connectivity index (χ3v) is 2.23. The summed E-state index contributed by atoms with van der Waals surface area (Å²) < 4.78 is 0. The molecule has 0 spiro atoms. The van der Waals surface area contributed by atoms with Gasteiger partial charge in [0.25, 0.3) is 0 Å². The smallest absolute Gasteiger partial charge is 0.0897 e. The third kappa shape index (κ3) is 2.65. The average Bonchev–Trinajstić information content (AvgIpc) is 2.16. The number of hydrogen-bond acceptors (Lipinski definition) is 2. The Balaban J connectivity index is 2.78. The summed E-state index contributed by atoms with van der Waals surface area (Å²) >= 11 is 5.94. The average molecular weight is 209 g/mol. The van der Waals surface area contributed by atoms with Crippen LogP contribution in [-0.4, -0.2) is 11.0 Å². The van der Waals surface area contributed by atoms with Crippen LogP contribution in [0.25, 0.3) is 0 Å². The molecule has 1 unspecified atom stereocenters. The van der Waals surface area contributed by atoms with Gasteiger partial charge in [0.1, 0.15) is 0 Å². The molecule has 1 aromatic rings. The fourth-order valence-electron chi connectivity index (χ4n) is 1.06. The summed E-state index contributed by atoms with van der Waals surface area (Å²) in [7, 11) is 0. The Morgan fingerprint density at radius 1 is 1.57 bits per heavy atom. The van der Waals surface area contributed by atoms with Crippen LogP contribution in [0.15, 0.2) is 18.5 Å². The first-order valence-corrected chi connectivity index (χ1v) is 4.85. The summed E-state index contributed by atoms with van der Waals surface area (Å²) in [4.78, 5) is 3.90. The topological polar surface area (TPSA) is 24.9 Å². The SMILES string of the molecule is C#CC(Nc1ccncc1Cl)C(C)C. The van der Waals surface area contributed by atoms with E-state index in [-0.39, 0.29) is 6.04 Å². The normalized spacial score (nSPS) is 12.2. The fraction of sp³-hybridized carbons (Fsp3) is 0.364. The lowest BCUT2D eigenvalue weighted by molar-refractivity contribution is 0.614. The number of nitrogens with zero attached hydrogens (tertiary/aromatic N) is 1. The van der Waals surface area contributed by atoms with Crippen molar-refractivity contribution in [3.63, 3.8) is 0 Å². The minimum absolute atomic E-state index is 0.00472. The van der Waals surface area contributed by atoms with Gasteiger partial charge in [0.05, 0.1) is 16.8 Å². The van der Waals surface area contributed by atoms with Gasteiger partial charge in [-0.2, -0.15) is 0 Å². The number of aromatic nitrogens is 1. The molecular formula is C11H13ClN2. The highest BCUT2D eigenvalue weighted by atomic mass is 35.5. The number of rotatable bonds is 3. The molecule has 0 aromatic carbocycles. The number of nitrogens with one attached hydrogen (secondary N) is 1. The molecule has 0 aliphatic rings. The molecule has 0 radical (unpaired) electrons. The number of terminal acetylenes is 1. The second kappa shape index (κ2) is 4.88. The van der Waals surface area contributed by atoms with Crippen LogP contribution in [-0.2, 0) is 0 Å². The monoisotopic (exact) mass is 208 g/mol. The molecule has 1 aromatic heterocycles. The summed E-state index contributed by atoms with van der Waals surface area (Å²) in [5.74, 6) is 3.05. The molecule has 0 aliphatic heterocycles. The van der Waals surface area contributed by atoms with Gasteiger partial charge in [-0.3, -0.25) is 4.98 Å². The Bertz CT molecular complexity index is 341. The predicted molar refractivity (Wildman–Crippen MR) is 60.3 cm³/mol. The maximum absolute atomic E-state index is 5.94. The third-order valence-electron chi connectivity index (χ3n) is 1.93. The van der Waals surface area contributed by atoms with E-state index < -0.39 is 0 Å². The van der Waals surface area contributed by atoms with Gasteiger partial charge in [-0.05, 0) is 12.0 Å². The molecule has 3 heteroatoms. The van der Waals surface area contributed by atoms with Crippen molar-refractivity contribution in [2.45, 2.75) is 19.9 Å². The zero-order chi connectivity index (χ0) is 10.6. The molecule has 1 atom stereocenters. The minimum Gasteiger partial charge on any atom is -0.370 e. The van der Waals surface area contributed by atoms with Crippen molar-refractivity contribution in [3.8, 4) is 12.3 Å². The molecule has 1 rings (SSSR count). The van der Waals surface area contributed by atoms with Gasteiger partial charge >= 0.3 is 0 Å². The van der Waals surface area contributed by atoms with Gasteiger partial charge in [-0.15, -0.1) is 6.42 Å². The summed E-state index contributed by atoms with van der Waals surface area (Å²) in [6.07, 6.45) is 8.68. The van der Waals surface area contributed by atoms with Crippen LogP contribution in [0.2, 0.25) is 5.02 Å². The lowest BCUT2D eigenvalue weighted by Crippen LogP contribution is -2.23. The molecule has 0 saturated carbocycles. The van der Waals surface area contributed by atoms with Crippen LogP contribution in [0.3, 0.4) is 0 Å². The van der Waals surface area contributed by atoms with Crippen molar-refractivity contribution < 1.29 is 0 Å². The van der Waals surface area contributed by atoms with Gasteiger partial charge in [-0.25, -0.2) is 0 Å². The lowest BCUT2D eigenvalue weighted by Gasteiger charge is -2.18. The molecule has 0 bridgehead atoms. The Morgan fingerprint density at radius 3 is 2.79 bits per heavy atom. The van der Waals surface area contributed by atoms with Gasteiger partial charge in [-0.1, -0.05) is 31.4 Å². The standard InChI is InChI=1S/C11H13ClN2/c1-4-10(8(2)3)14-11-5-6-13-7-9(11)12/h1,5-8,10H,2-3H3,(H,13,14). The van der Waals surface area contributed by atoms with Gasteiger partial charge in [0.15, 0.2) is 0 Å². The molecule has 0 aliphatic carbocycles. The Labute approximate surface area is 89.7 Å². The Kier molecular flexibility index (Phi) is 3.79. The van der Waals surface area contributed by atoms with Crippen LogP contribution in [0, 0.1) is 18.3 Å². The number of anilines is 1. The summed E-state index contributed by atoms with van der Waals surface area (Å²) in [6, 6.07) is 1.81. The van der Waals surface area contributed by atoms with E-state index in [0.29, 0.717) is 10.9 Å². The van der Waals surface area contributed by atoms with Gasteiger partial charge < -0.3 is 5.32 Å². The van der Waals surface area contributed by atoms with E-state index >= 15 is 0 Å². The summed E-state index contributed by atoms with van der Waals surface area (Å²) in [5.41, 5.74) is 0.832. The molecule has 0 saturated heterocycles. The second-order valence-corrected chi connectivity index (χ2v) is 3.80. The number of hydrogen-bond donors (Lipinski definition) is 1. The highest BCUT2D eigenvalue weighted by Gasteiger charge is 2.10. The van der Waals surface area contributed by atoms with E-state index in [0.717, 1.165) is 5.69 Å². The molecule has 74 valence electrons. The van der Waals surface area contributed by atoms with E-state index in [4.69, 9.17) is 18.0 Å². The molecule has 1 N–H and O–H groups in total. The quantitative estimate of drug-likeness (QED) is 0.773. The van der Waals surface area contributed by atoms with Crippen LogP contribution in [0.1, 0.15) is 13.8 Å². The lowest BCUT2D eigenvalue weighted by atomic mass is 10.1. The van der Waals surface area contributed by atoms with E-state index in [1.54, 1.807) is 12.4 Å². The van der Waals surface area contributed by atoms with Gasteiger partial charge in [0, 0.05) is 12.4 Å². The van der Waals surface area contributed by atoms with E-state index in [1.807, 2.05) is 6.07 Å². The fourth-order valence-corrected chi connectivity index (χ4v) is 1.23. The van der Waals surface area contributed by atoms with Crippen LogP contribution in [0.4, 0.5) is 5.69 Å². The zero-order valence-electron chi connectivity index (χ0n) is 8.29. The summed E-state index contributed by atoms with van der Waals surface area (Å²) in [5, 5.41) is 3.78. The molecule has 0 fully saturated rings. The van der Waals surface area contributed by atoms with Crippen molar-refractivity contribution in [3.05, 3.63) is 23.5 Å². The van der Waals surface area contributed by atoms with Crippen molar-refractivity contribution in [1.82, 2.24) is 4.98 Å². The largest absolute Gasteiger partial charge is 0.370 e. The highest BCUT2D eigenvalue weighted by molar-refractivity contribution is 6.33. The number of halogens is 1. The van der Waals surface area contributed by atoms with Gasteiger partial charge in [0.2, 0.25) is 0 Å². The summed E-state index contributed by atoms with van der Waals surface area (Å²) in [6.45, 7) is 4.12. The van der Waals surface area contributed by atoms with Crippen LogP contribution in [0.5, 0.6) is 0 Å². The molecule has 1 heterocycles. The predicted octanol–water partition coefficient (Wildman–Crippen LogP) is 2.80. The van der Waals surface area contributed by atoms with Crippen molar-refractivity contribution in [2.24, 2.45) is 5.92 Å². The maximum Gasteiger partial charge on any atom is 0.0897 e. The Morgan fingerprint density at radius 2 is 2.29 bits per heavy atom. The van der Waals surface area contributed by atoms with Crippen molar-refractivity contribution in [1.29, 1.82) is 0 Å². The Hall–Kier alpha value is -1.20. The van der Waals surface area contributed by atoms with E-state index in [1.165, 1.54) is 0 Å².